The molecule has 3 N–H and O–H groups in total. The van der Waals surface area contributed by atoms with Gasteiger partial charge in [-0.05, 0) is 6.92 Å². The van der Waals surface area contributed by atoms with Crippen molar-refractivity contribution in [1.29, 1.82) is 0 Å². The maximum absolute atomic E-state index is 10.8. The zero-order valence-electron chi connectivity index (χ0n) is 5.77. The first-order valence-corrected chi connectivity index (χ1v) is 3.62. The van der Waals surface area contributed by atoms with E-state index in [0.717, 1.165) is 0 Å². The monoisotopic (exact) mass is 256 g/mol. The number of methoxy groups -OCH3 is 1. The van der Waals surface area contributed by atoms with Gasteiger partial charge >= 0.3 is 5.97 Å². The summed E-state index contributed by atoms with van der Waals surface area (Å²) in [6, 6.07) is 0. The highest BCUT2D eigenvalue weighted by Gasteiger charge is 2.09. The summed E-state index contributed by atoms with van der Waals surface area (Å²) in [5.74, 6) is -0.450. The number of rotatable bonds is 2. The van der Waals surface area contributed by atoms with Gasteiger partial charge < -0.3 is 14.0 Å². The molecule has 5 heteroatoms. The lowest BCUT2D eigenvalue weighted by atomic mass is 10.4. The Labute approximate surface area is 73.3 Å². The van der Waals surface area contributed by atoms with Gasteiger partial charge in [0.15, 0.2) is 0 Å². The van der Waals surface area contributed by atoms with Crippen LogP contribution < -0.4 is 9.26 Å². The molecule has 0 saturated heterocycles. The van der Waals surface area contributed by atoms with Crippen LogP contribution >= 0.6 is 22.9 Å². The number of allylic oxidation sites excluding steroid dienone is 1. The molecule has 0 radical (unpaired) electrons. The van der Waals surface area contributed by atoms with E-state index in [-0.39, 0.29) is 0 Å². The zero-order valence-corrected chi connectivity index (χ0v) is 7.93. The van der Waals surface area contributed by atoms with E-state index in [1.54, 1.807) is 6.92 Å². The Kier molecular flexibility index (Phi) is 4.17. The Hall–Kier alpha value is -0.460. The summed E-state index contributed by atoms with van der Waals surface area (Å²) in [4.78, 5) is 10.8. The zero-order chi connectivity index (χ0) is 8.15. The van der Waals surface area contributed by atoms with E-state index >= 15 is 0 Å². The van der Waals surface area contributed by atoms with Crippen LogP contribution in [0.25, 0.3) is 0 Å². The smallest absolute Gasteiger partial charge is 0.356 e. The van der Waals surface area contributed by atoms with E-state index in [0.29, 0.717) is 11.4 Å². The molecule has 0 fully saturated rings. The minimum Gasteiger partial charge on any atom is -0.464 e. The van der Waals surface area contributed by atoms with E-state index in [9.17, 15) is 4.79 Å². The molecule has 0 aliphatic rings. The number of hydrogen-bond donors (Lipinski definition) is 2. The van der Waals surface area contributed by atoms with Crippen LogP contribution in [-0.4, -0.2) is 13.1 Å². The molecule has 0 aromatic heterocycles. The van der Waals surface area contributed by atoms with Gasteiger partial charge in [0.25, 0.3) is 0 Å². The Morgan fingerprint density at radius 2 is 2.20 bits per heavy atom. The van der Waals surface area contributed by atoms with Crippen molar-refractivity contribution in [2.45, 2.75) is 6.92 Å². The first-order chi connectivity index (χ1) is 4.63. The third-order valence-electron chi connectivity index (χ3n) is 0.878. The van der Waals surface area contributed by atoms with Crippen molar-refractivity contribution in [2.75, 3.05) is 7.11 Å². The summed E-state index contributed by atoms with van der Waals surface area (Å²) in [7, 11) is 1.30. The van der Waals surface area contributed by atoms with E-state index < -0.39 is 5.97 Å². The fourth-order valence-electron chi connectivity index (χ4n) is 0.376. The lowest BCUT2D eigenvalue weighted by Crippen LogP contribution is -2.18. The summed E-state index contributed by atoms with van der Waals surface area (Å²) in [6.45, 7) is 1.62. The molecule has 0 aromatic carbocycles. The molecule has 0 aliphatic heterocycles. The van der Waals surface area contributed by atoms with Crippen molar-refractivity contribution >= 4 is 28.8 Å². The molecule has 58 valence electrons. The normalized spacial score (nSPS) is 11.9. The van der Waals surface area contributed by atoms with Crippen molar-refractivity contribution in [2.24, 2.45) is 5.73 Å². The maximum atomic E-state index is 10.8. The van der Waals surface area contributed by atoms with Crippen molar-refractivity contribution in [3.63, 3.8) is 0 Å². The third-order valence-corrected chi connectivity index (χ3v) is 1.42. The van der Waals surface area contributed by atoms with Gasteiger partial charge in [-0.1, -0.05) is 0 Å². The minimum absolute atomic E-state index is 0.295. The Morgan fingerprint density at radius 1 is 1.70 bits per heavy atom. The summed E-state index contributed by atoms with van der Waals surface area (Å²) < 4.78 is 7.02. The second-order valence-corrected chi connectivity index (χ2v) is 2.18. The number of halogens is 1. The number of nitrogens with one attached hydrogen (secondary N) is 1. The first kappa shape index (κ1) is 9.54. The highest BCUT2D eigenvalue weighted by molar-refractivity contribution is 14.1. The number of hydrogen-bond acceptors (Lipinski definition) is 4. The Bertz CT molecular complexity index is 163. The fraction of sp³-hybridized carbons (Fsp3) is 0.400. The number of ether oxygens (including phenoxy) is 1. The molecule has 0 spiro atoms. The van der Waals surface area contributed by atoms with Gasteiger partial charge in [-0.2, -0.15) is 0 Å². The maximum Gasteiger partial charge on any atom is 0.356 e. The quantitative estimate of drug-likeness (QED) is 0.322. The van der Waals surface area contributed by atoms with Gasteiger partial charge in [0.1, 0.15) is 5.70 Å². The number of esters is 1. The molecule has 0 rings (SSSR count). The van der Waals surface area contributed by atoms with Crippen LogP contribution in [0.4, 0.5) is 0 Å². The van der Waals surface area contributed by atoms with Crippen molar-refractivity contribution in [3.05, 3.63) is 11.4 Å². The van der Waals surface area contributed by atoms with Crippen LogP contribution in [0, 0.1) is 0 Å². The van der Waals surface area contributed by atoms with Crippen molar-refractivity contribution in [1.82, 2.24) is 3.53 Å². The fourth-order valence-corrected chi connectivity index (χ4v) is 1.02. The molecular formula is C5H9IN2O2. The largest absolute Gasteiger partial charge is 0.464 e. The lowest BCUT2D eigenvalue weighted by Gasteiger charge is -2.03. The molecule has 0 heterocycles. The standard InChI is InChI=1S/C5H9IN2O2/c1-3(7)4(8-6)5(9)10-2/h8H,7H2,1-2H3/b4-3+. The molecule has 0 saturated carbocycles. The summed E-state index contributed by atoms with van der Waals surface area (Å²) in [5, 5.41) is 0. The molecule has 0 atom stereocenters. The molecule has 10 heavy (non-hydrogen) atoms. The number of carbonyl (C=O) groups is 1. The SMILES string of the molecule is COC(=O)/C(NI)=C(/C)N. The topological polar surface area (TPSA) is 64.3 Å². The van der Waals surface area contributed by atoms with E-state index in [4.69, 9.17) is 5.73 Å². The molecule has 0 aromatic rings. The number of nitrogens with two attached hydrogens (primary N) is 1. The summed E-state index contributed by atoms with van der Waals surface area (Å²) in [6.07, 6.45) is 0. The van der Waals surface area contributed by atoms with Crippen LogP contribution in [0.5, 0.6) is 0 Å². The van der Waals surface area contributed by atoms with Gasteiger partial charge in [0, 0.05) is 5.70 Å². The van der Waals surface area contributed by atoms with Crippen molar-refractivity contribution in [3.8, 4) is 0 Å². The molecule has 0 aliphatic carbocycles. The van der Waals surface area contributed by atoms with Crippen molar-refractivity contribution < 1.29 is 9.53 Å². The summed E-state index contributed by atoms with van der Waals surface area (Å²) in [5.41, 5.74) is 6.05. The third kappa shape index (κ3) is 2.42. The average molecular weight is 256 g/mol. The first-order valence-electron chi connectivity index (χ1n) is 2.54. The molecular weight excluding hydrogens is 247 g/mol. The van der Waals surface area contributed by atoms with Crippen LogP contribution in [0.3, 0.4) is 0 Å². The second-order valence-electron chi connectivity index (χ2n) is 1.64. The molecule has 0 amide bonds. The minimum atomic E-state index is -0.450. The van der Waals surface area contributed by atoms with Crippen LogP contribution in [0.15, 0.2) is 11.4 Å². The predicted molar refractivity (Wildman–Crippen MR) is 46.1 cm³/mol. The highest BCUT2D eigenvalue weighted by atomic mass is 127. The van der Waals surface area contributed by atoms with Crippen LogP contribution in [-0.2, 0) is 9.53 Å². The lowest BCUT2D eigenvalue weighted by molar-refractivity contribution is -0.136. The van der Waals surface area contributed by atoms with E-state index in [1.807, 2.05) is 22.9 Å². The van der Waals surface area contributed by atoms with Crippen LogP contribution in [0.1, 0.15) is 6.92 Å². The Balaban J connectivity index is 4.37. The van der Waals surface area contributed by atoms with Gasteiger partial charge in [-0.15, -0.1) is 0 Å². The van der Waals surface area contributed by atoms with Gasteiger partial charge in [-0.3, -0.25) is 0 Å². The highest BCUT2D eigenvalue weighted by Crippen LogP contribution is 1.98. The van der Waals surface area contributed by atoms with E-state index in [2.05, 4.69) is 8.27 Å². The average Bonchev–Trinajstić information content (AvgIpc) is 1.88. The van der Waals surface area contributed by atoms with E-state index in [1.165, 1.54) is 7.11 Å². The summed E-state index contributed by atoms with van der Waals surface area (Å²) >= 11 is 1.81. The predicted octanol–water partition coefficient (Wildman–Crippen LogP) is 0.289. The molecule has 4 nitrogen and oxygen atoms in total. The van der Waals surface area contributed by atoms with Gasteiger partial charge in [-0.25, -0.2) is 4.79 Å². The van der Waals surface area contributed by atoms with Gasteiger partial charge in [0.05, 0.1) is 30.0 Å². The van der Waals surface area contributed by atoms with Crippen LogP contribution in [0.2, 0.25) is 0 Å². The molecule has 0 unspecified atom stereocenters. The number of carbonyl (C=O) groups excluding carboxylic acids is 1. The molecule has 0 bridgehead atoms. The second kappa shape index (κ2) is 4.37. The Morgan fingerprint density at radius 3 is 2.30 bits per heavy atom. The van der Waals surface area contributed by atoms with Gasteiger partial charge in [0.2, 0.25) is 0 Å².